The quantitative estimate of drug-likeness (QED) is 0.693. The number of likely N-dealkylation sites (tertiary alicyclic amines) is 1. The van der Waals surface area contributed by atoms with Gasteiger partial charge in [-0.1, -0.05) is 0 Å². The molecule has 1 aliphatic carbocycles. The zero-order valence-electron chi connectivity index (χ0n) is 18.7. The van der Waals surface area contributed by atoms with E-state index in [1.54, 1.807) is 19.1 Å². The van der Waals surface area contributed by atoms with Crippen molar-refractivity contribution < 1.29 is 19.4 Å². The van der Waals surface area contributed by atoms with E-state index in [1.165, 1.54) is 0 Å². The molecule has 0 bridgehead atoms. The highest BCUT2D eigenvalue weighted by Crippen LogP contribution is 2.45. The Morgan fingerprint density at radius 1 is 1.28 bits per heavy atom. The van der Waals surface area contributed by atoms with Gasteiger partial charge in [-0.25, -0.2) is 9.64 Å². The predicted octanol–water partition coefficient (Wildman–Crippen LogP) is 3.93. The topological polar surface area (TPSA) is 86.5 Å². The van der Waals surface area contributed by atoms with Gasteiger partial charge < -0.3 is 19.6 Å². The van der Waals surface area contributed by atoms with Crippen molar-refractivity contribution in [3.8, 4) is 0 Å². The first-order valence-electron chi connectivity index (χ1n) is 11.6. The summed E-state index contributed by atoms with van der Waals surface area (Å²) in [4.78, 5) is 33.2. The number of amides is 2. The number of hydrogen-bond acceptors (Lipinski definition) is 5. The maximum absolute atomic E-state index is 13.5. The van der Waals surface area contributed by atoms with Gasteiger partial charge in [-0.05, 0) is 70.1 Å². The number of carbonyl (C=O) groups is 2. The first kappa shape index (κ1) is 22.4. The van der Waals surface area contributed by atoms with E-state index in [9.17, 15) is 14.7 Å². The number of anilines is 2. The average molecular weight is 441 g/mol. The van der Waals surface area contributed by atoms with E-state index in [1.807, 2.05) is 6.07 Å². The molecule has 4 rings (SSSR count). The Morgan fingerprint density at radius 2 is 2.06 bits per heavy atom. The van der Waals surface area contributed by atoms with Crippen molar-refractivity contribution in [1.29, 1.82) is 0 Å². The van der Waals surface area contributed by atoms with Gasteiger partial charge in [-0.2, -0.15) is 0 Å². The zero-order valence-corrected chi connectivity index (χ0v) is 18.7. The highest BCUT2D eigenvalue weighted by molar-refractivity contribution is 5.89. The van der Waals surface area contributed by atoms with Crippen LogP contribution in [0.1, 0.15) is 51.9 Å². The van der Waals surface area contributed by atoms with Gasteiger partial charge in [-0.3, -0.25) is 10.1 Å². The molecule has 2 amide bonds. The molecule has 2 heterocycles. The van der Waals surface area contributed by atoms with Crippen LogP contribution in [0.25, 0.3) is 4.85 Å². The number of hydrogen-bond donors (Lipinski definition) is 2. The Kier molecular flexibility index (Phi) is 6.56. The normalized spacial score (nSPS) is 28.0. The summed E-state index contributed by atoms with van der Waals surface area (Å²) in [5, 5.41) is 12.5. The summed E-state index contributed by atoms with van der Waals surface area (Å²) < 4.78 is 4.91. The Balaban J connectivity index is 1.49. The summed E-state index contributed by atoms with van der Waals surface area (Å²) in [6.07, 6.45) is 5.16. The summed E-state index contributed by atoms with van der Waals surface area (Å²) in [6.45, 7) is 11.9. The van der Waals surface area contributed by atoms with E-state index in [2.05, 4.69) is 20.0 Å². The third-order valence-electron chi connectivity index (χ3n) is 7.19. The molecule has 1 spiro atoms. The fraction of sp³-hybridized carbons (Fsp3) is 0.625. The van der Waals surface area contributed by atoms with Crippen LogP contribution in [0, 0.1) is 12.0 Å². The number of ether oxygens (including phenoxy) is 1. The van der Waals surface area contributed by atoms with Gasteiger partial charge in [0.1, 0.15) is 0 Å². The molecule has 0 radical (unpaired) electrons. The van der Waals surface area contributed by atoms with Crippen molar-refractivity contribution in [3.63, 3.8) is 0 Å². The minimum atomic E-state index is -0.542. The number of aliphatic hydroxyl groups excluding tert-OH is 1. The van der Waals surface area contributed by atoms with Crippen LogP contribution in [-0.2, 0) is 9.53 Å². The van der Waals surface area contributed by atoms with Gasteiger partial charge in [-0.15, -0.1) is 0 Å². The summed E-state index contributed by atoms with van der Waals surface area (Å²) in [5.74, 6) is 0.244. The van der Waals surface area contributed by atoms with E-state index in [0.717, 1.165) is 63.7 Å². The van der Waals surface area contributed by atoms with E-state index in [-0.39, 0.29) is 24.7 Å². The van der Waals surface area contributed by atoms with Gasteiger partial charge in [0, 0.05) is 37.1 Å². The fourth-order valence-electron chi connectivity index (χ4n) is 5.53. The molecule has 32 heavy (non-hydrogen) atoms. The van der Waals surface area contributed by atoms with Gasteiger partial charge in [0.15, 0.2) is 0 Å². The molecule has 172 valence electrons. The molecule has 2 N–H and O–H groups in total. The van der Waals surface area contributed by atoms with Crippen molar-refractivity contribution >= 4 is 29.1 Å². The molecule has 1 saturated carbocycles. The molecule has 2 saturated heterocycles. The van der Waals surface area contributed by atoms with Crippen molar-refractivity contribution in [2.45, 2.75) is 64.0 Å². The molecule has 1 aromatic carbocycles. The number of benzene rings is 1. The number of piperidine rings is 1. The molecular formula is C24H32N4O4. The molecule has 0 aromatic heterocycles. The standard InChI is InChI=1S/C24H32N4O4/c1-3-32-23(31)26-17-5-10-21(20(15-17)25-2)27-13-4-11-24(16-27)12-14-28(22(24)30)18-6-8-19(29)9-7-18/h5,10,15,18-19,29H,3-4,6-9,11-14,16H2,1H3,(H,26,31)/t18?,19?,24-/m0/s1. The van der Waals surface area contributed by atoms with Crippen molar-refractivity contribution in [1.82, 2.24) is 4.90 Å². The second kappa shape index (κ2) is 9.37. The number of aliphatic hydroxyl groups is 1. The number of rotatable bonds is 4. The average Bonchev–Trinajstić information content (AvgIpc) is 3.09. The molecular weight excluding hydrogens is 408 g/mol. The molecule has 1 aromatic rings. The molecule has 0 unspecified atom stereocenters. The second-order valence-electron chi connectivity index (χ2n) is 9.18. The minimum Gasteiger partial charge on any atom is -0.450 e. The maximum atomic E-state index is 13.5. The lowest BCUT2D eigenvalue weighted by molar-refractivity contribution is -0.139. The fourth-order valence-corrected chi connectivity index (χ4v) is 5.53. The van der Waals surface area contributed by atoms with Gasteiger partial charge in [0.05, 0.1) is 24.7 Å². The van der Waals surface area contributed by atoms with E-state index < -0.39 is 11.5 Å². The lowest BCUT2D eigenvalue weighted by Crippen LogP contribution is -2.50. The summed E-state index contributed by atoms with van der Waals surface area (Å²) in [7, 11) is 0. The molecule has 8 nitrogen and oxygen atoms in total. The van der Waals surface area contributed by atoms with Gasteiger partial charge in [0.25, 0.3) is 0 Å². The highest BCUT2D eigenvalue weighted by atomic mass is 16.5. The monoisotopic (exact) mass is 440 g/mol. The molecule has 3 aliphatic rings. The summed E-state index contributed by atoms with van der Waals surface area (Å²) in [6, 6.07) is 5.54. The van der Waals surface area contributed by atoms with Crippen LogP contribution in [0.15, 0.2) is 18.2 Å². The minimum absolute atomic E-state index is 0.226. The molecule has 3 fully saturated rings. The summed E-state index contributed by atoms with van der Waals surface area (Å²) in [5.41, 5.74) is 1.39. The lowest BCUT2D eigenvalue weighted by atomic mass is 9.78. The Bertz CT molecular complexity index is 906. The van der Waals surface area contributed by atoms with Gasteiger partial charge in [0.2, 0.25) is 11.6 Å². The maximum Gasteiger partial charge on any atom is 0.411 e. The highest BCUT2D eigenvalue weighted by Gasteiger charge is 2.50. The van der Waals surface area contributed by atoms with Crippen LogP contribution in [0.3, 0.4) is 0 Å². The first-order valence-corrected chi connectivity index (χ1v) is 11.6. The van der Waals surface area contributed by atoms with E-state index >= 15 is 0 Å². The van der Waals surface area contributed by atoms with Crippen LogP contribution in [0.4, 0.5) is 21.9 Å². The van der Waals surface area contributed by atoms with Crippen LogP contribution >= 0.6 is 0 Å². The number of carbonyl (C=O) groups excluding carboxylic acids is 2. The van der Waals surface area contributed by atoms with Crippen molar-refractivity contribution in [2.24, 2.45) is 5.41 Å². The zero-order chi connectivity index (χ0) is 22.7. The Labute approximate surface area is 189 Å². The number of nitrogens with one attached hydrogen (secondary N) is 1. The van der Waals surface area contributed by atoms with Crippen LogP contribution in [-0.4, -0.2) is 60.4 Å². The predicted molar refractivity (Wildman–Crippen MR) is 122 cm³/mol. The molecule has 1 atom stereocenters. The second-order valence-corrected chi connectivity index (χ2v) is 9.18. The third-order valence-corrected chi connectivity index (χ3v) is 7.19. The molecule has 2 aliphatic heterocycles. The Morgan fingerprint density at radius 3 is 2.78 bits per heavy atom. The summed E-state index contributed by atoms with van der Waals surface area (Å²) >= 11 is 0. The first-order chi connectivity index (χ1) is 15.5. The van der Waals surface area contributed by atoms with E-state index in [0.29, 0.717) is 17.9 Å². The van der Waals surface area contributed by atoms with Crippen LogP contribution in [0.2, 0.25) is 0 Å². The molecule has 8 heteroatoms. The third kappa shape index (κ3) is 4.40. The van der Waals surface area contributed by atoms with Gasteiger partial charge >= 0.3 is 6.09 Å². The smallest absolute Gasteiger partial charge is 0.411 e. The van der Waals surface area contributed by atoms with Crippen LogP contribution < -0.4 is 10.2 Å². The van der Waals surface area contributed by atoms with E-state index in [4.69, 9.17) is 11.3 Å². The SMILES string of the molecule is [C-]#[N+]c1cc(NC(=O)OCC)ccc1N1CCC[C@]2(CCN(C3CCC(O)CC3)C2=O)C1. The van der Waals surface area contributed by atoms with Crippen molar-refractivity contribution in [2.75, 3.05) is 36.5 Å². The lowest BCUT2D eigenvalue weighted by Gasteiger charge is -2.42. The van der Waals surface area contributed by atoms with Crippen molar-refractivity contribution in [3.05, 3.63) is 29.6 Å². The Hall–Kier alpha value is -2.79. The van der Waals surface area contributed by atoms with Crippen LogP contribution in [0.5, 0.6) is 0 Å². The number of nitrogens with zero attached hydrogens (tertiary/aromatic N) is 3. The largest absolute Gasteiger partial charge is 0.450 e.